The van der Waals surface area contributed by atoms with Crippen LogP contribution in [0, 0.1) is 6.92 Å². The van der Waals surface area contributed by atoms with Gasteiger partial charge in [0.15, 0.2) is 0 Å². The number of benzene rings is 2. The minimum Gasteiger partial charge on any atom is -0.312 e. The molecular formula is C18H20N2O3S. The molecule has 1 N–H and O–H groups in total. The molecule has 126 valence electrons. The van der Waals surface area contributed by atoms with Gasteiger partial charge in [0.05, 0.1) is 4.90 Å². The highest BCUT2D eigenvalue weighted by Crippen LogP contribution is 2.23. The quantitative estimate of drug-likeness (QED) is 0.907. The van der Waals surface area contributed by atoms with Crippen molar-refractivity contribution in [3.05, 3.63) is 59.7 Å². The smallest absolute Gasteiger partial charge is 0.240 e. The molecular weight excluding hydrogens is 324 g/mol. The Balaban J connectivity index is 1.70. The molecule has 1 fully saturated rings. The van der Waals surface area contributed by atoms with Gasteiger partial charge in [0.2, 0.25) is 15.9 Å². The molecule has 0 unspecified atom stereocenters. The lowest BCUT2D eigenvalue weighted by molar-refractivity contribution is -0.117. The first-order valence-corrected chi connectivity index (χ1v) is 9.40. The van der Waals surface area contributed by atoms with Gasteiger partial charge >= 0.3 is 0 Å². The number of carbonyl (C=O) groups excluding carboxylic acids is 1. The molecule has 1 amide bonds. The molecule has 0 saturated carbocycles. The van der Waals surface area contributed by atoms with E-state index >= 15 is 0 Å². The van der Waals surface area contributed by atoms with E-state index in [4.69, 9.17) is 0 Å². The minimum atomic E-state index is -3.58. The number of sulfonamides is 1. The molecule has 0 aromatic heterocycles. The minimum absolute atomic E-state index is 0.0862. The number of carbonyl (C=O) groups is 1. The van der Waals surface area contributed by atoms with Gasteiger partial charge in [-0.15, -0.1) is 0 Å². The van der Waals surface area contributed by atoms with Crippen LogP contribution in [-0.2, 0) is 21.4 Å². The number of aryl methyl sites for hydroxylation is 1. The lowest BCUT2D eigenvalue weighted by atomic mass is 10.2. The molecule has 2 aromatic rings. The number of anilines is 1. The second kappa shape index (κ2) is 6.75. The number of rotatable bonds is 5. The third-order valence-electron chi connectivity index (χ3n) is 4.12. The number of nitrogens with one attached hydrogen (secondary N) is 1. The Bertz CT molecular complexity index is 828. The van der Waals surface area contributed by atoms with E-state index in [1.54, 1.807) is 29.2 Å². The van der Waals surface area contributed by atoms with Crippen molar-refractivity contribution in [2.24, 2.45) is 0 Å². The molecule has 6 heteroatoms. The average Bonchev–Trinajstić information content (AvgIpc) is 3.01. The molecule has 5 nitrogen and oxygen atoms in total. The van der Waals surface area contributed by atoms with Crippen LogP contribution in [0.1, 0.15) is 24.0 Å². The van der Waals surface area contributed by atoms with E-state index in [0.717, 1.165) is 23.2 Å². The van der Waals surface area contributed by atoms with Crippen LogP contribution in [-0.4, -0.2) is 20.9 Å². The van der Waals surface area contributed by atoms with E-state index in [1.165, 1.54) is 0 Å². The Labute approximate surface area is 142 Å². The maximum Gasteiger partial charge on any atom is 0.240 e. The molecule has 1 saturated heterocycles. The zero-order chi connectivity index (χ0) is 17.2. The summed E-state index contributed by atoms with van der Waals surface area (Å²) in [6, 6.07) is 14.2. The fourth-order valence-corrected chi connectivity index (χ4v) is 3.71. The van der Waals surface area contributed by atoms with Crippen LogP contribution in [0.25, 0.3) is 0 Å². The topological polar surface area (TPSA) is 66.5 Å². The third kappa shape index (κ3) is 3.66. The Morgan fingerprint density at radius 1 is 1.04 bits per heavy atom. The summed E-state index contributed by atoms with van der Waals surface area (Å²) in [5.41, 5.74) is 2.78. The fraction of sp³-hybridized carbons (Fsp3) is 0.278. The first-order chi connectivity index (χ1) is 11.5. The molecule has 24 heavy (non-hydrogen) atoms. The first kappa shape index (κ1) is 16.7. The fourth-order valence-electron chi connectivity index (χ4n) is 2.69. The number of amides is 1. The van der Waals surface area contributed by atoms with E-state index in [9.17, 15) is 13.2 Å². The lowest BCUT2D eigenvalue weighted by Crippen LogP contribution is -2.25. The summed E-state index contributed by atoms with van der Waals surface area (Å²) >= 11 is 0. The molecule has 0 aliphatic carbocycles. The van der Waals surface area contributed by atoms with E-state index in [2.05, 4.69) is 4.72 Å². The molecule has 0 spiro atoms. The second-order valence-corrected chi connectivity index (χ2v) is 7.72. The van der Waals surface area contributed by atoms with Crippen molar-refractivity contribution in [1.82, 2.24) is 4.72 Å². The van der Waals surface area contributed by atoms with Crippen molar-refractivity contribution < 1.29 is 13.2 Å². The summed E-state index contributed by atoms with van der Waals surface area (Å²) < 4.78 is 27.4. The number of hydrogen-bond donors (Lipinski definition) is 1. The molecule has 2 aromatic carbocycles. The molecule has 1 heterocycles. The summed E-state index contributed by atoms with van der Waals surface area (Å²) in [7, 11) is -3.58. The Morgan fingerprint density at radius 2 is 1.71 bits per heavy atom. The van der Waals surface area contributed by atoms with E-state index < -0.39 is 10.0 Å². The van der Waals surface area contributed by atoms with Crippen molar-refractivity contribution in [3.63, 3.8) is 0 Å². The maximum atomic E-state index is 12.4. The zero-order valence-electron chi connectivity index (χ0n) is 13.5. The summed E-state index contributed by atoms with van der Waals surface area (Å²) in [5, 5.41) is 0. The van der Waals surface area contributed by atoms with Gasteiger partial charge in [-0.1, -0.05) is 29.8 Å². The van der Waals surface area contributed by atoms with Crippen molar-refractivity contribution in [2.45, 2.75) is 31.2 Å². The van der Waals surface area contributed by atoms with E-state index in [1.807, 2.05) is 31.2 Å². The Kier molecular flexibility index (Phi) is 4.69. The standard InChI is InChI=1S/C18H20N2O3S/c1-14-4-6-15(7-5-14)13-19-24(22,23)17-10-8-16(9-11-17)20-12-2-3-18(20)21/h4-11,19H,2-3,12-13H2,1H3. The SMILES string of the molecule is Cc1ccc(CNS(=O)(=O)c2ccc(N3CCCC3=O)cc2)cc1. The van der Waals surface area contributed by atoms with Gasteiger partial charge in [0, 0.05) is 25.2 Å². The lowest BCUT2D eigenvalue weighted by Gasteiger charge is -2.16. The van der Waals surface area contributed by atoms with Crippen LogP contribution < -0.4 is 9.62 Å². The summed E-state index contributed by atoms with van der Waals surface area (Å²) in [4.78, 5) is 13.6. The highest BCUT2D eigenvalue weighted by molar-refractivity contribution is 7.89. The zero-order valence-corrected chi connectivity index (χ0v) is 14.3. The first-order valence-electron chi connectivity index (χ1n) is 7.91. The summed E-state index contributed by atoms with van der Waals surface area (Å²) in [6.07, 6.45) is 1.40. The van der Waals surface area contributed by atoms with Crippen LogP contribution in [0.15, 0.2) is 53.4 Å². The number of nitrogens with zero attached hydrogens (tertiary/aromatic N) is 1. The van der Waals surface area contributed by atoms with Gasteiger partial charge in [0.1, 0.15) is 0 Å². The summed E-state index contributed by atoms with van der Waals surface area (Å²) in [6.45, 7) is 2.92. The van der Waals surface area contributed by atoms with Crippen molar-refractivity contribution >= 4 is 21.6 Å². The largest absolute Gasteiger partial charge is 0.312 e. The Morgan fingerprint density at radius 3 is 2.29 bits per heavy atom. The predicted molar refractivity (Wildman–Crippen MR) is 93.2 cm³/mol. The highest BCUT2D eigenvalue weighted by atomic mass is 32.2. The van der Waals surface area contributed by atoms with Gasteiger partial charge in [-0.2, -0.15) is 0 Å². The number of hydrogen-bond acceptors (Lipinski definition) is 3. The predicted octanol–water partition coefficient (Wildman–Crippen LogP) is 2.60. The monoisotopic (exact) mass is 344 g/mol. The normalized spacial score (nSPS) is 15.0. The van der Waals surface area contributed by atoms with Gasteiger partial charge < -0.3 is 4.90 Å². The van der Waals surface area contributed by atoms with Crippen LogP contribution in [0.4, 0.5) is 5.69 Å². The van der Waals surface area contributed by atoms with Gasteiger partial charge in [-0.25, -0.2) is 13.1 Å². The van der Waals surface area contributed by atoms with Gasteiger partial charge in [0.25, 0.3) is 0 Å². The highest BCUT2D eigenvalue weighted by Gasteiger charge is 2.22. The maximum absolute atomic E-state index is 12.4. The summed E-state index contributed by atoms with van der Waals surface area (Å²) in [5.74, 6) is 0.0862. The molecule has 1 aliphatic heterocycles. The van der Waals surface area contributed by atoms with Crippen molar-refractivity contribution in [1.29, 1.82) is 0 Å². The van der Waals surface area contributed by atoms with Crippen LogP contribution in [0.5, 0.6) is 0 Å². The third-order valence-corrected chi connectivity index (χ3v) is 5.54. The van der Waals surface area contributed by atoms with Gasteiger partial charge in [-0.05, 0) is 43.2 Å². The molecule has 3 rings (SSSR count). The molecule has 0 radical (unpaired) electrons. The van der Waals surface area contributed by atoms with E-state index in [-0.39, 0.29) is 17.3 Å². The Hall–Kier alpha value is -2.18. The van der Waals surface area contributed by atoms with E-state index in [0.29, 0.717) is 13.0 Å². The molecule has 0 atom stereocenters. The molecule has 0 bridgehead atoms. The van der Waals surface area contributed by atoms with Crippen molar-refractivity contribution in [3.8, 4) is 0 Å². The van der Waals surface area contributed by atoms with Gasteiger partial charge in [-0.3, -0.25) is 4.79 Å². The van der Waals surface area contributed by atoms with Crippen LogP contribution in [0.3, 0.4) is 0 Å². The molecule has 1 aliphatic rings. The second-order valence-electron chi connectivity index (χ2n) is 5.95. The average molecular weight is 344 g/mol. The van der Waals surface area contributed by atoms with Crippen LogP contribution in [0.2, 0.25) is 0 Å². The van der Waals surface area contributed by atoms with Crippen molar-refractivity contribution in [2.75, 3.05) is 11.4 Å². The van der Waals surface area contributed by atoms with Crippen LogP contribution >= 0.6 is 0 Å².